The lowest BCUT2D eigenvalue weighted by Gasteiger charge is -2.36. The van der Waals surface area contributed by atoms with Crippen LogP contribution in [0.25, 0.3) is 0 Å². The molecule has 3 rings (SSSR count). The molecule has 0 unspecified atom stereocenters. The van der Waals surface area contributed by atoms with E-state index in [9.17, 15) is 9.59 Å². The van der Waals surface area contributed by atoms with E-state index < -0.39 is 0 Å². The molecular formula is C22H33N3O2. The Kier molecular flexibility index (Phi) is 6.89. The molecule has 0 aromatic heterocycles. The Morgan fingerprint density at radius 3 is 2.44 bits per heavy atom. The minimum atomic E-state index is 0.0312. The molecule has 148 valence electrons. The predicted molar refractivity (Wildman–Crippen MR) is 108 cm³/mol. The monoisotopic (exact) mass is 371 g/mol. The van der Waals surface area contributed by atoms with E-state index in [1.165, 1.54) is 12.8 Å². The van der Waals surface area contributed by atoms with Crippen LogP contribution in [0.1, 0.15) is 46.0 Å². The van der Waals surface area contributed by atoms with Crippen LogP contribution in [0.3, 0.4) is 0 Å². The topological polar surface area (TPSA) is 61.4 Å². The number of nitrogens with one attached hydrogen (secondary N) is 2. The largest absolute Gasteiger partial charge is 0.352 e. The Hall–Kier alpha value is -1.88. The fraction of sp³-hybridized carbons (Fsp3) is 0.636. The summed E-state index contributed by atoms with van der Waals surface area (Å²) in [5.74, 6) is 1.49. The summed E-state index contributed by atoms with van der Waals surface area (Å²) in [4.78, 5) is 27.1. The second kappa shape index (κ2) is 9.36. The van der Waals surface area contributed by atoms with Crippen molar-refractivity contribution in [2.45, 2.75) is 52.0 Å². The van der Waals surface area contributed by atoms with E-state index in [4.69, 9.17) is 0 Å². The molecule has 1 saturated heterocycles. The summed E-state index contributed by atoms with van der Waals surface area (Å²) >= 11 is 0. The molecule has 1 saturated carbocycles. The first-order valence-corrected chi connectivity index (χ1v) is 10.4. The van der Waals surface area contributed by atoms with Crippen LogP contribution < -0.4 is 10.6 Å². The Labute approximate surface area is 162 Å². The number of hydrogen-bond donors (Lipinski definition) is 2. The lowest BCUT2D eigenvalue weighted by Crippen LogP contribution is -2.49. The second-order valence-electron chi connectivity index (χ2n) is 8.35. The molecule has 1 aromatic rings. The van der Waals surface area contributed by atoms with Crippen LogP contribution in [0, 0.1) is 17.8 Å². The van der Waals surface area contributed by atoms with Crippen LogP contribution in [0.2, 0.25) is 0 Å². The van der Waals surface area contributed by atoms with Crippen molar-refractivity contribution in [3.63, 3.8) is 0 Å². The average molecular weight is 372 g/mol. The molecule has 2 aliphatic rings. The molecule has 2 fully saturated rings. The standard InChI is InChI=1S/C22H33N3O2/c1-16-7-6-10-20(17(16)2)24-21(26)15-25-13-11-18(12-14-25)22(27)23-19-8-4-3-5-9-19/h3-5,8-9,16-18,20H,6-7,10-15H2,1-2H3,(H,23,27)(H,24,26)/t16-,17+,20-/m1/s1. The van der Waals surface area contributed by atoms with Crippen molar-refractivity contribution < 1.29 is 9.59 Å². The highest BCUT2D eigenvalue weighted by atomic mass is 16.2. The molecule has 1 heterocycles. The lowest BCUT2D eigenvalue weighted by atomic mass is 9.78. The van der Waals surface area contributed by atoms with Gasteiger partial charge in [0.15, 0.2) is 0 Å². The number of amides is 2. The molecule has 1 aliphatic carbocycles. The smallest absolute Gasteiger partial charge is 0.234 e. The van der Waals surface area contributed by atoms with Crippen molar-refractivity contribution >= 4 is 17.5 Å². The Morgan fingerprint density at radius 2 is 1.74 bits per heavy atom. The van der Waals surface area contributed by atoms with Gasteiger partial charge in [0, 0.05) is 17.6 Å². The number of anilines is 1. The highest BCUT2D eigenvalue weighted by Crippen LogP contribution is 2.29. The lowest BCUT2D eigenvalue weighted by molar-refractivity contribution is -0.124. The highest BCUT2D eigenvalue weighted by molar-refractivity contribution is 5.92. The van der Waals surface area contributed by atoms with Crippen LogP contribution in [-0.2, 0) is 9.59 Å². The summed E-state index contributed by atoms with van der Waals surface area (Å²) in [6, 6.07) is 9.91. The Morgan fingerprint density at radius 1 is 1.04 bits per heavy atom. The molecule has 3 atom stereocenters. The molecule has 0 bridgehead atoms. The van der Waals surface area contributed by atoms with Crippen molar-refractivity contribution in [3.8, 4) is 0 Å². The number of rotatable bonds is 5. The maximum absolute atomic E-state index is 12.5. The van der Waals surface area contributed by atoms with E-state index >= 15 is 0 Å². The van der Waals surface area contributed by atoms with Gasteiger partial charge in [0.05, 0.1) is 6.54 Å². The van der Waals surface area contributed by atoms with E-state index in [1.807, 2.05) is 30.3 Å². The fourth-order valence-electron chi connectivity index (χ4n) is 4.36. The van der Waals surface area contributed by atoms with Gasteiger partial charge in [-0.15, -0.1) is 0 Å². The molecule has 5 nitrogen and oxygen atoms in total. The number of hydrogen-bond acceptors (Lipinski definition) is 3. The Bertz CT molecular complexity index is 626. The van der Waals surface area contributed by atoms with Crippen LogP contribution in [0.15, 0.2) is 30.3 Å². The first-order valence-electron chi connectivity index (χ1n) is 10.4. The van der Waals surface area contributed by atoms with Crippen molar-refractivity contribution in [1.82, 2.24) is 10.2 Å². The van der Waals surface area contributed by atoms with Gasteiger partial charge in [-0.3, -0.25) is 14.5 Å². The quantitative estimate of drug-likeness (QED) is 0.835. The minimum absolute atomic E-state index is 0.0312. The van der Waals surface area contributed by atoms with E-state index in [1.54, 1.807) is 0 Å². The fourth-order valence-corrected chi connectivity index (χ4v) is 4.36. The van der Waals surface area contributed by atoms with Gasteiger partial charge in [0.2, 0.25) is 11.8 Å². The minimum Gasteiger partial charge on any atom is -0.352 e. The van der Waals surface area contributed by atoms with Crippen molar-refractivity contribution in [3.05, 3.63) is 30.3 Å². The van der Waals surface area contributed by atoms with Gasteiger partial charge in [-0.2, -0.15) is 0 Å². The number of benzene rings is 1. The van der Waals surface area contributed by atoms with E-state index in [-0.39, 0.29) is 17.7 Å². The first kappa shape index (κ1) is 19.9. The van der Waals surface area contributed by atoms with Crippen LogP contribution >= 0.6 is 0 Å². The molecule has 0 spiro atoms. The summed E-state index contributed by atoms with van der Waals surface area (Å²) in [6.07, 6.45) is 5.19. The number of para-hydroxylation sites is 1. The van der Waals surface area contributed by atoms with E-state index in [0.29, 0.717) is 24.4 Å². The van der Waals surface area contributed by atoms with Crippen molar-refractivity contribution in [2.24, 2.45) is 17.8 Å². The van der Waals surface area contributed by atoms with Gasteiger partial charge in [-0.05, 0) is 56.3 Å². The third-order valence-corrected chi connectivity index (χ3v) is 6.42. The number of piperidine rings is 1. The molecule has 2 amide bonds. The summed E-state index contributed by atoms with van der Waals surface area (Å²) < 4.78 is 0. The molecule has 0 radical (unpaired) electrons. The summed E-state index contributed by atoms with van der Waals surface area (Å²) in [6.45, 7) is 6.60. The highest BCUT2D eigenvalue weighted by Gasteiger charge is 2.30. The summed E-state index contributed by atoms with van der Waals surface area (Å²) in [5, 5.41) is 6.25. The van der Waals surface area contributed by atoms with Gasteiger partial charge in [-0.25, -0.2) is 0 Å². The number of likely N-dealkylation sites (tertiary alicyclic amines) is 1. The van der Waals surface area contributed by atoms with Crippen LogP contribution in [-0.4, -0.2) is 42.4 Å². The number of nitrogens with zero attached hydrogens (tertiary/aromatic N) is 1. The van der Waals surface area contributed by atoms with Gasteiger partial charge in [0.25, 0.3) is 0 Å². The van der Waals surface area contributed by atoms with Gasteiger partial charge in [0.1, 0.15) is 0 Å². The van der Waals surface area contributed by atoms with E-state index in [2.05, 4.69) is 29.4 Å². The maximum Gasteiger partial charge on any atom is 0.234 e. The van der Waals surface area contributed by atoms with Crippen LogP contribution in [0.5, 0.6) is 0 Å². The summed E-state index contributed by atoms with van der Waals surface area (Å²) in [5.41, 5.74) is 0.847. The molecular weight excluding hydrogens is 338 g/mol. The van der Waals surface area contributed by atoms with Gasteiger partial charge < -0.3 is 10.6 Å². The molecule has 1 aliphatic heterocycles. The molecule has 27 heavy (non-hydrogen) atoms. The summed E-state index contributed by atoms with van der Waals surface area (Å²) in [7, 11) is 0. The zero-order chi connectivity index (χ0) is 19.2. The van der Waals surface area contributed by atoms with Gasteiger partial charge in [-0.1, -0.05) is 44.9 Å². The zero-order valence-corrected chi connectivity index (χ0v) is 16.6. The zero-order valence-electron chi connectivity index (χ0n) is 16.6. The van der Waals surface area contributed by atoms with Crippen molar-refractivity contribution in [1.29, 1.82) is 0 Å². The second-order valence-corrected chi connectivity index (χ2v) is 8.35. The Balaban J connectivity index is 1.40. The van der Waals surface area contributed by atoms with Crippen molar-refractivity contribution in [2.75, 3.05) is 25.0 Å². The molecule has 1 aromatic carbocycles. The average Bonchev–Trinajstić information content (AvgIpc) is 2.67. The van der Waals surface area contributed by atoms with E-state index in [0.717, 1.165) is 38.0 Å². The predicted octanol–water partition coefficient (Wildman–Crippen LogP) is 3.28. The normalized spacial score (nSPS) is 27.1. The molecule has 2 N–H and O–H groups in total. The van der Waals surface area contributed by atoms with Gasteiger partial charge >= 0.3 is 0 Å². The van der Waals surface area contributed by atoms with Crippen LogP contribution in [0.4, 0.5) is 5.69 Å². The third-order valence-electron chi connectivity index (χ3n) is 6.42. The molecule has 5 heteroatoms. The SMILES string of the molecule is C[C@H]1[C@H](C)CCC[C@H]1NC(=O)CN1CCC(C(=O)Nc2ccccc2)CC1. The number of carbonyl (C=O) groups excluding carboxylic acids is 2. The maximum atomic E-state index is 12.5. The third kappa shape index (κ3) is 5.55. The first-order chi connectivity index (χ1) is 13.0. The number of carbonyl (C=O) groups is 2.